The van der Waals surface area contributed by atoms with Crippen molar-refractivity contribution in [1.29, 1.82) is 0 Å². The Labute approximate surface area is 103 Å². The number of carbonyl (C=O) groups is 1. The molecule has 0 spiro atoms. The summed E-state index contributed by atoms with van der Waals surface area (Å²) in [6.45, 7) is 1.12. The molecule has 0 aliphatic rings. The molecule has 0 radical (unpaired) electrons. The maximum absolute atomic E-state index is 13.0. The molecule has 1 atom stereocenters. The molecular formula is C9H11F7OS. The van der Waals surface area contributed by atoms with Crippen LogP contribution in [0, 0.1) is 0 Å². The lowest BCUT2D eigenvalue weighted by Crippen LogP contribution is -2.41. The van der Waals surface area contributed by atoms with Crippen LogP contribution in [0.4, 0.5) is 30.7 Å². The van der Waals surface area contributed by atoms with E-state index < -0.39 is 48.2 Å². The summed E-state index contributed by atoms with van der Waals surface area (Å²) in [5.74, 6) is -9.35. The lowest BCUT2D eigenvalue weighted by molar-refractivity contribution is -0.187. The highest BCUT2D eigenvalue weighted by Gasteiger charge is 2.52. The van der Waals surface area contributed by atoms with E-state index in [4.69, 9.17) is 0 Å². The average Bonchev–Trinajstić information content (AvgIpc) is 2.15. The van der Waals surface area contributed by atoms with Gasteiger partial charge in [-0.3, -0.25) is 4.79 Å². The highest BCUT2D eigenvalue weighted by Crippen LogP contribution is 2.37. The van der Waals surface area contributed by atoms with Gasteiger partial charge in [0, 0.05) is 25.5 Å². The second-order valence-electron chi connectivity index (χ2n) is 3.59. The molecule has 0 aliphatic heterocycles. The van der Waals surface area contributed by atoms with Crippen LogP contribution in [0.2, 0.25) is 0 Å². The standard InChI is InChI=1S/C9H11F7OS/c1-5(17)18-3-2-8(13,14)4-6(10)9(15,16)7(11)12/h6-7H,2-4H2,1H3. The normalized spacial score (nSPS) is 14.9. The van der Waals surface area contributed by atoms with Gasteiger partial charge >= 0.3 is 12.3 Å². The summed E-state index contributed by atoms with van der Waals surface area (Å²) in [6, 6.07) is 0. The molecule has 0 rings (SSSR count). The lowest BCUT2D eigenvalue weighted by Gasteiger charge is -2.24. The second kappa shape index (κ2) is 6.63. The molecule has 0 heterocycles. The molecule has 18 heavy (non-hydrogen) atoms. The van der Waals surface area contributed by atoms with Crippen LogP contribution in [-0.2, 0) is 4.79 Å². The lowest BCUT2D eigenvalue weighted by atomic mass is 10.0. The SMILES string of the molecule is CC(=O)SCCC(F)(F)CC(F)C(F)(F)C(F)F. The molecule has 0 saturated heterocycles. The van der Waals surface area contributed by atoms with Crippen molar-refractivity contribution in [2.45, 2.75) is 44.2 Å². The van der Waals surface area contributed by atoms with Crippen LogP contribution in [0.25, 0.3) is 0 Å². The summed E-state index contributed by atoms with van der Waals surface area (Å²) in [7, 11) is 0. The van der Waals surface area contributed by atoms with Crippen molar-refractivity contribution in [2.75, 3.05) is 5.75 Å². The van der Waals surface area contributed by atoms with Crippen molar-refractivity contribution in [2.24, 2.45) is 0 Å². The van der Waals surface area contributed by atoms with Crippen LogP contribution in [0.3, 0.4) is 0 Å². The van der Waals surface area contributed by atoms with Gasteiger partial charge in [0.25, 0.3) is 5.92 Å². The van der Waals surface area contributed by atoms with Crippen molar-refractivity contribution in [3.63, 3.8) is 0 Å². The van der Waals surface area contributed by atoms with E-state index in [0.29, 0.717) is 11.8 Å². The van der Waals surface area contributed by atoms with Gasteiger partial charge in [-0.15, -0.1) is 0 Å². The molecule has 9 heteroatoms. The minimum absolute atomic E-state index is 0.394. The Morgan fingerprint density at radius 1 is 1.17 bits per heavy atom. The van der Waals surface area contributed by atoms with Gasteiger partial charge in [-0.1, -0.05) is 11.8 Å². The molecule has 1 nitrogen and oxygen atoms in total. The molecule has 0 aromatic heterocycles. The number of rotatable bonds is 7. The van der Waals surface area contributed by atoms with E-state index in [1.165, 1.54) is 0 Å². The predicted molar refractivity (Wildman–Crippen MR) is 53.2 cm³/mol. The first kappa shape index (κ1) is 17.5. The van der Waals surface area contributed by atoms with Crippen LogP contribution in [0.5, 0.6) is 0 Å². The molecule has 0 aromatic carbocycles. The average molecular weight is 300 g/mol. The molecule has 0 N–H and O–H groups in total. The Bertz CT molecular complexity index is 282. The van der Waals surface area contributed by atoms with Gasteiger partial charge in [0.05, 0.1) is 0 Å². The summed E-state index contributed by atoms with van der Waals surface area (Å²) in [5, 5.41) is -0.458. The van der Waals surface area contributed by atoms with Gasteiger partial charge in [0.1, 0.15) is 0 Å². The number of alkyl halides is 7. The van der Waals surface area contributed by atoms with E-state index in [1.54, 1.807) is 0 Å². The first-order valence-corrected chi connectivity index (χ1v) is 5.79. The number of hydrogen-bond acceptors (Lipinski definition) is 2. The summed E-state index contributed by atoms with van der Waals surface area (Å²) >= 11 is 0.522. The fourth-order valence-electron chi connectivity index (χ4n) is 0.981. The molecule has 0 bridgehead atoms. The summed E-state index contributed by atoms with van der Waals surface area (Å²) in [6.07, 6.45) is -11.0. The third kappa shape index (κ3) is 5.92. The topological polar surface area (TPSA) is 17.1 Å². The van der Waals surface area contributed by atoms with Gasteiger partial charge in [0.2, 0.25) is 0 Å². The smallest absolute Gasteiger partial charge is 0.288 e. The minimum Gasteiger partial charge on any atom is -0.288 e. The van der Waals surface area contributed by atoms with Crippen molar-refractivity contribution < 1.29 is 35.5 Å². The van der Waals surface area contributed by atoms with Gasteiger partial charge < -0.3 is 0 Å². The highest BCUT2D eigenvalue weighted by atomic mass is 32.2. The van der Waals surface area contributed by atoms with Crippen molar-refractivity contribution in [1.82, 2.24) is 0 Å². The zero-order chi connectivity index (χ0) is 14.6. The molecule has 0 amide bonds. The molecule has 0 saturated carbocycles. The van der Waals surface area contributed by atoms with Gasteiger partial charge in [-0.2, -0.15) is 8.78 Å². The van der Waals surface area contributed by atoms with Crippen molar-refractivity contribution in [3.8, 4) is 0 Å². The third-order valence-corrected chi connectivity index (χ3v) is 2.77. The number of hydrogen-bond donors (Lipinski definition) is 0. The Morgan fingerprint density at radius 2 is 1.67 bits per heavy atom. The van der Waals surface area contributed by atoms with E-state index in [-0.39, 0.29) is 0 Å². The fraction of sp³-hybridized carbons (Fsp3) is 0.889. The highest BCUT2D eigenvalue weighted by molar-refractivity contribution is 8.13. The zero-order valence-electron chi connectivity index (χ0n) is 9.24. The molecular weight excluding hydrogens is 289 g/mol. The first-order valence-electron chi connectivity index (χ1n) is 4.80. The zero-order valence-corrected chi connectivity index (χ0v) is 10.1. The molecule has 1 unspecified atom stereocenters. The van der Waals surface area contributed by atoms with E-state index in [1.807, 2.05) is 0 Å². The second-order valence-corrected chi connectivity index (χ2v) is 4.86. The van der Waals surface area contributed by atoms with Crippen molar-refractivity contribution in [3.05, 3.63) is 0 Å². The number of carbonyl (C=O) groups excluding carboxylic acids is 1. The summed E-state index contributed by atoms with van der Waals surface area (Å²) in [5.41, 5.74) is 0. The van der Waals surface area contributed by atoms with Crippen LogP contribution in [-0.4, -0.2) is 35.3 Å². The van der Waals surface area contributed by atoms with E-state index in [9.17, 15) is 35.5 Å². The van der Waals surface area contributed by atoms with Crippen molar-refractivity contribution >= 4 is 16.9 Å². The predicted octanol–water partition coefficient (Wildman–Crippen LogP) is 3.92. The Kier molecular flexibility index (Phi) is 6.45. The fourth-order valence-corrected chi connectivity index (χ4v) is 1.67. The van der Waals surface area contributed by atoms with Crippen LogP contribution in [0.15, 0.2) is 0 Å². The first-order chi connectivity index (χ1) is 7.99. The van der Waals surface area contributed by atoms with Gasteiger partial charge in [0.15, 0.2) is 11.3 Å². The van der Waals surface area contributed by atoms with Crippen LogP contribution in [0.1, 0.15) is 19.8 Å². The number of thioether (sulfide) groups is 1. The summed E-state index contributed by atoms with van der Waals surface area (Å²) < 4.78 is 86.9. The quantitative estimate of drug-likeness (QED) is 0.663. The minimum atomic E-state index is -5.10. The monoisotopic (exact) mass is 300 g/mol. The molecule has 108 valence electrons. The van der Waals surface area contributed by atoms with E-state index in [2.05, 4.69) is 0 Å². The molecule has 0 aromatic rings. The largest absolute Gasteiger partial charge is 0.338 e. The third-order valence-electron chi connectivity index (χ3n) is 1.96. The van der Waals surface area contributed by atoms with Gasteiger partial charge in [-0.05, 0) is 0 Å². The van der Waals surface area contributed by atoms with E-state index in [0.717, 1.165) is 6.92 Å². The number of halogens is 7. The molecule has 0 fully saturated rings. The Hall–Kier alpha value is -0.470. The van der Waals surface area contributed by atoms with Crippen LogP contribution >= 0.6 is 11.8 Å². The summed E-state index contributed by atoms with van der Waals surface area (Å²) in [4.78, 5) is 10.4. The maximum atomic E-state index is 13.0. The van der Waals surface area contributed by atoms with Crippen LogP contribution < -0.4 is 0 Å². The van der Waals surface area contributed by atoms with E-state index >= 15 is 0 Å². The Morgan fingerprint density at radius 3 is 2.06 bits per heavy atom. The van der Waals surface area contributed by atoms with Gasteiger partial charge in [-0.25, -0.2) is 22.0 Å². The molecule has 0 aliphatic carbocycles. The Balaban J connectivity index is 4.34. The maximum Gasteiger partial charge on any atom is 0.338 e.